The SMILES string of the molecule is COc1cc(C(=O)NCc2csc(C(C)C)n2)ccc1OCc1ccccc1Cl. The van der Waals surface area contributed by atoms with E-state index in [0.717, 1.165) is 16.3 Å². The Morgan fingerprint density at radius 2 is 2.00 bits per heavy atom. The number of methoxy groups -OCH3 is 1. The zero-order chi connectivity index (χ0) is 20.8. The van der Waals surface area contributed by atoms with Gasteiger partial charge < -0.3 is 14.8 Å². The molecule has 29 heavy (non-hydrogen) atoms. The number of carbonyl (C=O) groups excluding carboxylic acids is 1. The summed E-state index contributed by atoms with van der Waals surface area (Å²) < 4.78 is 11.2. The van der Waals surface area contributed by atoms with E-state index < -0.39 is 0 Å². The maximum absolute atomic E-state index is 12.5. The van der Waals surface area contributed by atoms with Crippen LogP contribution >= 0.6 is 22.9 Å². The number of nitrogens with zero attached hydrogens (tertiary/aromatic N) is 1. The minimum absolute atomic E-state index is 0.194. The predicted octanol–water partition coefficient (Wildman–Crippen LogP) is 5.44. The molecule has 1 amide bonds. The summed E-state index contributed by atoms with van der Waals surface area (Å²) in [6.07, 6.45) is 0. The van der Waals surface area contributed by atoms with E-state index in [0.29, 0.717) is 41.2 Å². The highest BCUT2D eigenvalue weighted by molar-refractivity contribution is 7.09. The fraction of sp³-hybridized carbons (Fsp3) is 0.273. The molecule has 1 aromatic heterocycles. The summed E-state index contributed by atoms with van der Waals surface area (Å²) in [6.45, 7) is 4.89. The summed E-state index contributed by atoms with van der Waals surface area (Å²) in [5, 5.41) is 6.58. The number of benzene rings is 2. The maximum Gasteiger partial charge on any atom is 0.251 e. The molecule has 0 radical (unpaired) electrons. The monoisotopic (exact) mass is 430 g/mol. The van der Waals surface area contributed by atoms with Crippen molar-refractivity contribution in [1.82, 2.24) is 10.3 Å². The molecule has 3 rings (SSSR count). The highest BCUT2D eigenvalue weighted by Gasteiger charge is 2.13. The topological polar surface area (TPSA) is 60.5 Å². The summed E-state index contributed by atoms with van der Waals surface area (Å²) in [7, 11) is 1.54. The van der Waals surface area contributed by atoms with E-state index in [1.165, 1.54) is 0 Å². The van der Waals surface area contributed by atoms with Crippen LogP contribution in [0.5, 0.6) is 11.5 Å². The Kier molecular flexibility index (Phi) is 7.12. The minimum Gasteiger partial charge on any atom is -0.493 e. The van der Waals surface area contributed by atoms with Crippen LogP contribution in [0.2, 0.25) is 5.02 Å². The lowest BCUT2D eigenvalue weighted by molar-refractivity contribution is 0.0950. The number of thiazole rings is 1. The molecule has 7 heteroatoms. The van der Waals surface area contributed by atoms with Gasteiger partial charge in [-0.1, -0.05) is 43.6 Å². The number of carbonyl (C=O) groups is 1. The van der Waals surface area contributed by atoms with Crippen molar-refractivity contribution in [3.63, 3.8) is 0 Å². The van der Waals surface area contributed by atoms with Crippen LogP contribution in [0.1, 0.15) is 46.4 Å². The molecule has 0 fully saturated rings. The van der Waals surface area contributed by atoms with E-state index in [4.69, 9.17) is 21.1 Å². The van der Waals surface area contributed by atoms with Crippen LogP contribution < -0.4 is 14.8 Å². The molecular formula is C22H23ClN2O3S. The number of nitrogens with one attached hydrogen (secondary N) is 1. The van der Waals surface area contributed by atoms with Gasteiger partial charge in [-0.3, -0.25) is 4.79 Å². The number of rotatable bonds is 8. The van der Waals surface area contributed by atoms with Crippen LogP contribution in [0, 0.1) is 0 Å². The normalized spacial score (nSPS) is 10.8. The average Bonchev–Trinajstić information content (AvgIpc) is 3.21. The van der Waals surface area contributed by atoms with Crippen molar-refractivity contribution in [3.05, 3.63) is 74.7 Å². The minimum atomic E-state index is -0.194. The van der Waals surface area contributed by atoms with Gasteiger partial charge in [0, 0.05) is 27.4 Å². The largest absolute Gasteiger partial charge is 0.493 e. The fourth-order valence-corrected chi connectivity index (χ4v) is 3.67. The molecule has 0 aliphatic rings. The molecule has 0 bridgehead atoms. The van der Waals surface area contributed by atoms with E-state index in [1.54, 1.807) is 36.6 Å². The first kappa shape index (κ1) is 21.1. The van der Waals surface area contributed by atoms with Crippen molar-refractivity contribution in [2.45, 2.75) is 32.9 Å². The molecule has 1 N–H and O–H groups in total. The van der Waals surface area contributed by atoms with Gasteiger partial charge in [-0.25, -0.2) is 4.98 Å². The molecule has 152 valence electrons. The Bertz CT molecular complexity index is 988. The molecule has 0 atom stereocenters. The standard InChI is InChI=1S/C22H23ClN2O3S/c1-14(2)22-25-17(13-29-22)11-24-21(26)15-8-9-19(20(10-15)27-3)28-12-16-6-4-5-7-18(16)23/h4-10,13-14H,11-12H2,1-3H3,(H,24,26). The number of aromatic nitrogens is 1. The first-order valence-corrected chi connectivity index (χ1v) is 10.5. The van der Waals surface area contributed by atoms with Gasteiger partial charge in [-0.15, -0.1) is 11.3 Å². The van der Waals surface area contributed by atoms with Crippen molar-refractivity contribution >= 4 is 28.8 Å². The van der Waals surface area contributed by atoms with Gasteiger partial charge >= 0.3 is 0 Å². The van der Waals surface area contributed by atoms with E-state index >= 15 is 0 Å². The molecule has 0 aliphatic heterocycles. The zero-order valence-corrected chi connectivity index (χ0v) is 18.1. The second-order valence-electron chi connectivity index (χ2n) is 6.76. The van der Waals surface area contributed by atoms with Gasteiger partial charge in [0.2, 0.25) is 0 Å². The number of hydrogen-bond acceptors (Lipinski definition) is 5. The number of amides is 1. The Morgan fingerprint density at radius 3 is 2.69 bits per heavy atom. The third-order valence-corrected chi connectivity index (χ3v) is 5.82. The Morgan fingerprint density at radius 1 is 1.21 bits per heavy atom. The first-order valence-electron chi connectivity index (χ1n) is 9.24. The van der Waals surface area contributed by atoms with Crippen LogP contribution in [0.25, 0.3) is 0 Å². The third kappa shape index (κ3) is 5.49. The van der Waals surface area contributed by atoms with Gasteiger partial charge in [0.15, 0.2) is 11.5 Å². The van der Waals surface area contributed by atoms with Crippen LogP contribution in [0.15, 0.2) is 47.8 Å². The molecule has 0 spiro atoms. The number of hydrogen-bond donors (Lipinski definition) is 1. The second kappa shape index (κ2) is 9.76. The first-order chi connectivity index (χ1) is 14.0. The summed E-state index contributed by atoms with van der Waals surface area (Å²) in [6, 6.07) is 12.6. The van der Waals surface area contributed by atoms with Crippen molar-refractivity contribution in [2.75, 3.05) is 7.11 Å². The lowest BCUT2D eigenvalue weighted by Crippen LogP contribution is -2.23. The molecular weight excluding hydrogens is 408 g/mol. The maximum atomic E-state index is 12.5. The summed E-state index contributed by atoms with van der Waals surface area (Å²) >= 11 is 7.78. The van der Waals surface area contributed by atoms with Gasteiger partial charge in [0.25, 0.3) is 5.91 Å². The molecule has 3 aromatic rings. The average molecular weight is 431 g/mol. The van der Waals surface area contributed by atoms with E-state index in [1.807, 2.05) is 29.6 Å². The molecule has 1 heterocycles. The van der Waals surface area contributed by atoms with Crippen molar-refractivity contribution < 1.29 is 14.3 Å². The highest BCUT2D eigenvalue weighted by atomic mass is 35.5. The lowest BCUT2D eigenvalue weighted by atomic mass is 10.2. The van der Waals surface area contributed by atoms with Crippen molar-refractivity contribution in [2.24, 2.45) is 0 Å². The molecule has 5 nitrogen and oxygen atoms in total. The Hall–Kier alpha value is -2.57. The number of halogens is 1. The highest BCUT2D eigenvalue weighted by Crippen LogP contribution is 2.29. The number of ether oxygens (including phenoxy) is 2. The fourth-order valence-electron chi connectivity index (χ4n) is 2.64. The van der Waals surface area contributed by atoms with Crippen LogP contribution in [-0.2, 0) is 13.2 Å². The van der Waals surface area contributed by atoms with Crippen molar-refractivity contribution in [3.8, 4) is 11.5 Å². The van der Waals surface area contributed by atoms with E-state index in [-0.39, 0.29) is 5.91 Å². The molecule has 2 aromatic carbocycles. The van der Waals surface area contributed by atoms with E-state index in [2.05, 4.69) is 24.1 Å². The van der Waals surface area contributed by atoms with Crippen molar-refractivity contribution in [1.29, 1.82) is 0 Å². The zero-order valence-electron chi connectivity index (χ0n) is 16.6. The molecule has 0 saturated carbocycles. The van der Waals surface area contributed by atoms with Gasteiger partial charge in [-0.05, 0) is 24.3 Å². The quantitative estimate of drug-likeness (QED) is 0.517. The molecule has 0 saturated heterocycles. The van der Waals surface area contributed by atoms with Crippen LogP contribution in [-0.4, -0.2) is 18.0 Å². The second-order valence-corrected chi connectivity index (χ2v) is 8.06. The van der Waals surface area contributed by atoms with Gasteiger partial charge in [0.1, 0.15) is 6.61 Å². The summed E-state index contributed by atoms with van der Waals surface area (Å²) in [5.41, 5.74) is 2.23. The Balaban J connectivity index is 1.64. The van der Waals surface area contributed by atoms with E-state index in [9.17, 15) is 4.79 Å². The Labute approximate surface area is 179 Å². The van der Waals surface area contributed by atoms with Gasteiger partial charge in [0.05, 0.1) is 24.4 Å². The third-order valence-electron chi connectivity index (χ3n) is 4.26. The van der Waals surface area contributed by atoms with Crippen LogP contribution in [0.3, 0.4) is 0 Å². The summed E-state index contributed by atoms with van der Waals surface area (Å²) in [4.78, 5) is 17.0. The molecule has 0 unspecified atom stereocenters. The predicted molar refractivity (Wildman–Crippen MR) is 116 cm³/mol. The molecule has 0 aliphatic carbocycles. The summed E-state index contributed by atoms with van der Waals surface area (Å²) in [5.74, 6) is 1.22. The van der Waals surface area contributed by atoms with Gasteiger partial charge in [-0.2, -0.15) is 0 Å². The lowest BCUT2D eigenvalue weighted by Gasteiger charge is -2.13. The smallest absolute Gasteiger partial charge is 0.251 e. The van der Waals surface area contributed by atoms with Crippen LogP contribution in [0.4, 0.5) is 0 Å².